The highest BCUT2D eigenvalue weighted by atomic mass is 79.9. The third-order valence-corrected chi connectivity index (χ3v) is 3.84. The third kappa shape index (κ3) is 7.34. The quantitative estimate of drug-likeness (QED) is 0.542. The number of halogens is 2. The van der Waals surface area contributed by atoms with Crippen LogP contribution in [0.2, 0.25) is 5.02 Å². The Bertz CT molecular complexity index is 745. The number of hydrogen-bond acceptors (Lipinski definition) is 6. The fourth-order valence-corrected chi connectivity index (χ4v) is 2.27. The van der Waals surface area contributed by atoms with E-state index in [2.05, 4.69) is 41.8 Å². The molecule has 0 aliphatic rings. The van der Waals surface area contributed by atoms with E-state index < -0.39 is 6.09 Å². The van der Waals surface area contributed by atoms with Gasteiger partial charge in [-0.2, -0.15) is 0 Å². The van der Waals surface area contributed by atoms with Crippen LogP contribution in [0.3, 0.4) is 0 Å². The molecule has 0 radical (unpaired) electrons. The van der Waals surface area contributed by atoms with Gasteiger partial charge in [0.1, 0.15) is 11.2 Å². The van der Waals surface area contributed by atoms with Crippen LogP contribution in [-0.4, -0.2) is 41.7 Å². The van der Waals surface area contributed by atoms with E-state index in [9.17, 15) is 9.59 Å². The van der Waals surface area contributed by atoms with Crippen LogP contribution in [0.1, 0.15) is 5.56 Å². The highest BCUT2D eigenvalue weighted by Gasteiger charge is 2.06. The Hall–Kier alpha value is -2.23. The van der Waals surface area contributed by atoms with Crippen LogP contribution in [0.4, 0.5) is 10.6 Å². The Kier molecular flexibility index (Phi) is 8.26. The van der Waals surface area contributed by atoms with Gasteiger partial charge < -0.3 is 15.4 Å². The van der Waals surface area contributed by atoms with Crippen molar-refractivity contribution in [2.75, 3.05) is 25.0 Å². The van der Waals surface area contributed by atoms with E-state index in [0.717, 1.165) is 5.56 Å². The van der Waals surface area contributed by atoms with E-state index in [1.54, 1.807) is 6.07 Å². The second kappa shape index (κ2) is 10.7. The molecule has 0 unspecified atom stereocenters. The Morgan fingerprint density at radius 1 is 1.19 bits per heavy atom. The van der Waals surface area contributed by atoms with Crippen molar-refractivity contribution >= 4 is 45.3 Å². The molecule has 8 nitrogen and oxygen atoms in total. The summed E-state index contributed by atoms with van der Waals surface area (Å²) in [4.78, 5) is 31.1. The molecule has 0 saturated heterocycles. The zero-order chi connectivity index (χ0) is 18.8. The second-order valence-electron chi connectivity index (χ2n) is 5.03. The largest absolute Gasteiger partial charge is 0.447 e. The van der Waals surface area contributed by atoms with Crippen molar-refractivity contribution < 1.29 is 14.3 Å². The third-order valence-electron chi connectivity index (χ3n) is 3.07. The van der Waals surface area contributed by atoms with E-state index in [-0.39, 0.29) is 31.4 Å². The average Bonchev–Trinajstić information content (AvgIpc) is 2.62. The van der Waals surface area contributed by atoms with Gasteiger partial charge in [-0.05, 0) is 27.6 Å². The molecule has 0 bridgehead atoms. The minimum absolute atomic E-state index is 0.0338. The van der Waals surface area contributed by atoms with Crippen molar-refractivity contribution in [2.24, 2.45) is 0 Å². The van der Waals surface area contributed by atoms with Crippen molar-refractivity contribution in [3.8, 4) is 0 Å². The first kappa shape index (κ1) is 20.1. The first-order valence-corrected chi connectivity index (χ1v) is 8.84. The fourth-order valence-electron chi connectivity index (χ4n) is 1.87. The summed E-state index contributed by atoms with van der Waals surface area (Å²) in [6, 6.07) is 7.40. The average molecular weight is 443 g/mol. The molecule has 2 aromatic rings. The van der Waals surface area contributed by atoms with Crippen LogP contribution < -0.4 is 16.0 Å². The minimum atomic E-state index is -0.673. The lowest BCUT2D eigenvalue weighted by Crippen LogP contribution is -2.36. The molecule has 26 heavy (non-hydrogen) atoms. The molecule has 2 rings (SSSR count). The number of benzene rings is 1. The molecule has 1 aromatic heterocycles. The van der Waals surface area contributed by atoms with Gasteiger partial charge in [-0.3, -0.25) is 10.1 Å². The molecule has 0 aliphatic heterocycles. The van der Waals surface area contributed by atoms with Gasteiger partial charge in [0, 0.05) is 11.6 Å². The number of rotatable bonds is 8. The summed E-state index contributed by atoms with van der Waals surface area (Å²) in [6.07, 6.45) is 2.16. The molecule has 0 saturated carbocycles. The van der Waals surface area contributed by atoms with Gasteiger partial charge >= 0.3 is 6.09 Å². The first-order chi connectivity index (χ1) is 12.5. The molecule has 0 spiro atoms. The molecule has 1 aromatic carbocycles. The van der Waals surface area contributed by atoms with Gasteiger partial charge in [0.15, 0.2) is 5.82 Å². The summed E-state index contributed by atoms with van der Waals surface area (Å²) < 4.78 is 5.49. The second-order valence-corrected chi connectivity index (χ2v) is 6.25. The molecule has 2 amide bonds. The van der Waals surface area contributed by atoms with E-state index in [4.69, 9.17) is 16.3 Å². The molecule has 1 heterocycles. The highest BCUT2D eigenvalue weighted by molar-refractivity contribution is 9.10. The predicted molar refractivity (Wildman–Crippen MR) is 101 cm³/mol. The lowest BCUT2D eigenvalue weighted by Gasteiger charge is -2.09. The highest BCUT2D eigenvalue weighted by Crippen LogP contribution is 2.14. The zero-order valence-corrected chi connectivity index (χ0v) is 16.0. The summed E-state index contributed by atoms with van der Waals surface area (Å²) in [6.45, 7) is 0.851. The number of aromatic nitrogens is 2. The van der Waals surface area contributed by atoms with Crippen molar-refractivity contribution in [3.05, 3.63) is 51.8 Å². The molecule has 10 heteroatoms. The van der Waals surface area contributed by atoms with Crippen molar-refractivity contribution in [3.63, 3.8) is 0 Å². The van der Waals surface area contributed by atoms with Gasteiger partial charge in [-0.15, -0.1) is 0 Å². The van der Waals surface area contributed by atoms with E-state index >= 15 is 0 Å². The maximum Gasteiger partial charge on any atom is 0.412 e. The number of nitrogens with one attached hydrogen (secondary N) is 3. The number of anilines is 1. The number of amides is 2. The van der Waals surface area contributed by atoms with Crippen LogP contribution in [0, 0.1) is 0 Å². The molecule has 138 valence electrons. The van der Waals surface area contributed by atoms with Crippen molar-refractivity contribution in [1.29, 1.82) is 0 Å². The number of ether oxygens (including phenoxy) is 1. The SMILES string of the molecule is O=C(CNCc1ccccc1Cl)NCCOC(=O)Nc1cnc(Br)cn1. The Morgan fingerprint density at radius 3 is 2.73 bits per heavy atom. The van der Waals surface area contributed by atoms with Crippen molar-refractivity contribution in [2.45, 2.75) is 6.54 Å². The van der Waals surface area contributed by atoms with E-state index in [0.29, 0.717) is 16.2 Å². The van der Waals surface area contributed by atoms with Crippen LogP contribution in [0.15, 0.2) is 41.3 Å². The van der Waals surface area contributed by atoms with Gasteiger partial charge in [0.2, 0.25) is 5.91 Å². The lowest BCUT2D eigenvalue weighted by molar-refractivity contribution is -0.120. The normalized spacial score (nSPS) is 10.2. The summed E-state index contributed by atoms with van der Waals surface area (Å²) in [5.41, 5.74) is 0.915. The maximum atomic E-state index is 11.7. The van der Waals surface area contributed by atoms with Gasteiger partial charge in [-0.1, -0.05) is 29.8 Å². The standard InChI is InChI=1S/C16H17BrClN5O3/c17-13-8-22-14(9-21-13)23-16(25)26-6-5-20-15(24)10-19-7-11-3-1-2-4-12(11)18/h1-4,8-9,19H,5-7,10H2,(H,20,24)(H,22,23,25). The Labute approximate surface area is 163 Å². The Morgan fingerprint density at radius 2 is 2.00 bits per heavy atom. The zero-order valence-electron chi connectivity index (χ0n) is 13.7. The molecule has 0 fully saturated rings. The molecular weight excluding hydrogens is 426 g/mol. The topological polar surface area (TPSA) is 105 Å². The summed E-state index contributed by atoms with van der Waals surface area (Å²) in [5.74, 6) is 0.0610. The Balaban J connectivity index is 1.56. The fraction of sp³-hybridized carbons (Fsp3) is 0.250. The molecule has 3 N–H and O–H groups in total. The number of carbonyl (C=O) groups excluding carboxylic acids is 2. The number of carbonyl (C=O) groups is 2. The smallest absolute Gasteiger partial charge is 0.412 e. The number of hydrogen-bond donors (Lipinski definition) is 3. The lowest BCUT2D eigenvalue weighted by atomic mass is 10.2. The van der Waals surface area contributed by atoms with Crippen LogP contribution in [-0.2, 0) is 16.1 Å². The van der Waals surface area contributed by atoms with E-state index in [1.807, 2.05) is 18.2 Å². The molecule has 0 aliphatic carbocycles. The first-order valence-electron chi connectivity index (χ1n) is 7.67. The van der Waals surface area contributed by atoms with Crippen molar-refractivity contribution in [1.82, 2.24) is 20.6 Å². The van der Waals surface area contributed by atoms with Gasteiger partial charge in [0.05, 0.1) is 25.5 Å². The van der Waals surface area contributed by atoms with E-state index in [1.165, 1.54) is 12.4 Å². The monoisotopic (exact) mass is 441 g/mol. The van der Waals surface area contributed by atoms with Crippen LogP contribution in [0.25, 0.3) is 0 Å². The maximum absolute atomic E-state index is 11.7. The molecule has 0 atom stereocenters. The number of nitrogens with zero attached hydrogens (tertiary/aromatic N) is 2. The van der Waals surface area contributed by atoms with Gasteiger partial charge in [0.25, 0.3) is 0 Å². The summed E-state index contributed by atoms with van der Waals surface area (Å²) in [5, 5.41) is 8.70. The summed E-state index contributed by atoms with van der Waals surface area (Å²) >= 11 is 9.17. The predicted octanol–water partition coefficient (Wildman–Crippen LogP) is 2.35. The minimum Gasteiger partial charge on any atom is -0.447 e. The van der Waals surface area contributed by atoms with Crippen LogP contribution in [0.5, 0.6) is 0 Å². The van der Waals surface area contributed by atoms with Crippen LogP contribution >= 0.6 is 27.5 Å². The van der Waals surface area contributed by atoms with Gasteiger partial charge in [-0.25, -0.2) is 14.8 Å². The summed E-state index contributed by atoms with van der Waals surface area (Å²) in [7, 11) is 0. The molecular formula is C16H17BrClN5O3.